The van der Waals surface area contributed by atoms with Gasteiger partial charge < -0.3 is 18.9 Å². The van der Waals surface area contributed by atoms with Crippen LogP contribution in [0, 0.1) is 0 Å². The van der Waals surface area contributed by atoms with Crippen LogP contribution in [0.3, 0.4) is 0 Å². The second-order valence-electron chi connectivity index (χ2n) is 8.65. The number of nitrogens with one attached hydrogen (secondary N) is 1. The molecule has 0 radical (unpaired) electrons. The molecule has 3 rings (SSSR count). The summed E-state index contributed by atoms with van der Waals surface area (Å²) in [6.07, 6.45) is 4.16. The van der Waals surface area contributed by atoms with Crippen LogP contribution in [0.4, 0.5) is 0 Å². The number of esters is 1. The minimum atomic E-state index is -0.447. The van der Waals surface area contributed by atoms with Gasteiger partial charge in [0.05, 0.1) is 32.4 Å². The van der Waals surface area contributed by atoms with Crippen LogP contribution in [-0.4, -0.2) is 39.4 Å². The van der Waals surface area contributed by atoms with E-state index in [0.717, 1.165) is 31.2 Å². The second-order valence-corrected chi connectivity index (χ2v) is 8.65. The van der Waals surface area contributed by atoms with E-state index in [0.29, 0.717) is 22.8 Å². The van der Waals surface area contributed by atoms with Gasteiger partial charge in [-0.15, -0.1) is 0 Å². The average molecular weight is 428 g/mol. The fraction of sp³-hybridized carbons (Fsp3) is 0.480. The summed E-state index contributed by atoms with van der Waals surface area (Å²) in [5.41, 5.74) is 0.969. The minimum absolute atomic E-state index is 0.0642. The molecule has 1 N–H and O–H groups in total. The maximum absolute atomic E-state index is 13.0. The first-order chi connectivity index (χ1) is 14.8. The van der Waals surface area contributed by atoms with E-state index < -0.39 is 11.5 Å². The highest BCUT2D eigenvalue weighted by Gasteiger charge is 2.40. The van der Waals surface area contributed by atoms with Gasteiger partial charge in [-0.05, 0) is 44.4 Å². The van der Waals surface area contributed by atoms with Gasteiger partial charge >= 0.3 is 5.97 Å². The molecule has 0 amide bonds. The lowest BCUT2D eigenvalue weighted by molar-refractivity contribution is 0.0307. The Hall–Kier alpha value is -2.73. The minimum Gasteiger partial charge on any atom is -0.493 e. The fourth-order valence-corrected chi connectivity index (χ4v) is 4.40. The SMILES string of the molecule is COc1cc(C(=O)OCC2(c3ccccc3)CCCCC(C)(C)N2)cc(OC)c1OC. The molecule has 2 aromatic rings. The molecule has 1 aliphatic heterocycles. The number of benzene rings is 2. The molecule has 6 nitrogen and oxygen atoms in total. The number of methoxy groups -OCH3 is 3. The Kier molecular flexibility index (Phi) is 7.11. The maximum Gasteiger partial charge on any atom is 0.338 e. The van der Waals surface area contributed by atoms with E-state index in [1.54, 1.807) is 12.1 Å². The summed E-state index contributed by atoms with van der Waals surface area (Å²) in [7, 11) is 4.57. The summed E-state index contributed by atoms with van der Waals surface area (Å²) >= 11 is 0. The van der Waals surface area contributed by atoms with Crippen LogP contribution in [0.2, 0.25) is 0 Å². The van der Waals surface area contributed by atoms with Crippen molar-refractivity contribution in [1.82, 2.24) is 5.32 Å². The molecular weight excluding hydrogens is 394 g/mol. The van der Waals surface area contributed by atoms with Crippen LogP contribution in [0.1, 0.15) is 55.5 Å². The van der Waals surface area contributed by atoms with E-state index >= 15 is 0 Å². The van der Waals surface area contributed by atoms with E-state index in [4.69, 9.17) is 18.9 Å². The first kappa shape index (κ1) is 22.9. The molecule has 1 heterocycles. The molecule has 1 saturated heterocycles. The number of carbonyl (C=O) groups is 1. The lowest BCUT2D eigenvalue weighted by Gasteiger charge is -2.40. The van der Waals surface area contributed by atoms with Crippen molar-refractivity contribution in [3.8, 4) is 17.2 Å². The predicted molar refractivity (Wildman–Crippen MR) is 120 cm³/mol. The Balaban J connectivity index is 1.89. The zero-order valence-electron chi connectivity index (χ0n) is 19.1. The van der Waals surface area contributed by atoms with Crippen molar-refractivity contribution < 1.29 is 23.7 Å². The second kappa shape index (κ2) is 9.60. The van der Waals surface area contributed by atoms with Crippen molar-refractivity contribution in [2.24, 2.45) is 0 Å². The van der Waals surface area contributed by atoms with Crippen molar-refractivity contribution in [2.45, 2.75) is 50.6 Å². The van der Waals surface area contributed by atoms with E-state index in [1.807, 2.05) is 18.2 Å². The van der Waals surface area contributed by atoms with Crippen LogP contribution >= 0.6 is 0 Å². The molecule has 0 aromatic heterocycles. The van der Waals surface area contributed by atoms with Gasteiger partial charge in [-0.1, -0.05) is 43.2 Å². The summed E-state index contributed by atoms with van der Waals surface area (Å²) in [4.78, 5) is 13.0. The van der Waals surface area contributed by atoms with E-state index in [9.17, 15) is 4.79 Å². The first-order valence-corrected chi connectivity index (χ1v) is 10.7. The van der Waals surface area contributed by atoms with Crippen molar-refractivity contribution >= 4 is 5.97 Å². The van der Waals surface area contributed by atoms with Gasteiger partial charge in [0, 0.05) is 5.54 Å². The predicted octanol–water partition coefficient (Wildman–Crippen LogP) is 4.71. The van der Waals surface area contributed by atoms with Gasteiger partial charge in [-0.2, -0.15) is 0 Å². The molecule has 1 atom stereocenters. The Morgan fingerprint density at radius 3 is 2.13 bits per heavy atom. The number of hydrogen-bond donors (Lipinski definition) is 1. The molecular formula is C25H33NO5. The number of carbonyl (C=O) groups excluding carboxylic acids is 1. The normalized spacial score (nSPS) is 20.4. The van der Waals surface area contributed by atoms with Gasteiger partial charge in [0.15, 0.2) is 11.5 Å². The van der Waals surface area contributed by atoms with Gasteiger partial charge in [0.25, 0.3) is 0 Å². The Morgan fingerprint density at radius 1 is 0.935 bits per heavy atom. The zero-order valence-corrected chi connectivity index (χ0v) is 19.1. The highest BCUT2D eigenvalue weighted by atomic mass is 16.5. The highest BCUT2D eigenvalue weighted by Crippen LogP contribution is 2.39. The lowest BCUT2D eigenvalue weighted by atomic mass is 9.85. The van der Waals surface area contributed by atoms with Crippen LogP contribution < -0.4 is 19.5 Å². The molecule has 1 fully saturated rings. The van der Waals surface area contributed by atoms with Crippen LogP contribution in [0.25, 0.3) is 0 Å². The third kappa shape index (κ3) is 5.13. The van der Waals surface area contributed by atoms with Crippen LogP contribution in [0.15, 0.2) is 42.5 Å². The number of rotatable bonds is 7. The molecule has 0 bridgehead atoms. The van der Waals surface area contributed by atoms with Crippen molar-refractivity contribution in [2.75, 3.05) is 27.9 Å². The first-order valence-electron chi connectivity index (χ1n) is 10.7. The standard InChI is InChI=1S/C25H33NO5/c1-24(2)13-9-10-14-25(26-24,19-11-7-6-8-12-19)17-31-23(27)18-15-20(28-3)22(30-5)21(16-18)29-4/h6-8,11-12,15-16,26H,9-10,13-14,17H2,1-5H3. The van der Waals surface area contributed by atoms with E-state index in [-0.39, 0.29) is 12.1 Å². The van der Waals surface area contributed by atoms with Crippen molar-refractivity contribution in [3.63, 3.8) is 0 Å². The Morgan fingerprint density at radius 2 is 1.55 bits per heavy atom. The summed E-state index contributed by atoms with van der Waals surface area (Å²) in [5, 5.41) is 3.81. The summed E-state index contributed by atoms with van der Waals surface area (Å²) in [5.74, 6) is 0.841. The summed E-state index contributed by atoms with van der Waals surface area (Å²) in [6.45, 7) is 4.64. The molecule has 0 saturated carbocycles. The Labute approximate surface area is 184 Å². The van der Waals surface area contributed by atoms with Crippen LogP contribution in [0.5, 0.6) is 17.2 Å². The molecule has 2 aromatic carbocycles. The van der Waals surface area contributed by atoms with E-state index in [2.05, 4.69) is 31.3 Å². The van der Waals surface area contributed by atoms with Crippen molar-refractivity contribution in [3.05, 3.63) is 53.6 Å². The molecule has 168 valence electrons. The molecule has 31 heavy (non-hydrogen) atoms. The summed E-state index contributed by atoms with van der Waals surface area (Å²) < 4.78 is 22.0. The molecule has 0 aliphatic carbocycles. The largest absolute Gasteiger partial charge is 0.493 e. The van der Waals surface area contributed by atoms with Gasteiger partial charge in [0.2, 0.25) is 5.75 Å². The quantitative estimate of drug-likeness (QED) is 0.646. The Bertz CT molecular complexity index is 871. The van der Waals surface area contributed by atoms with E-state index in [1.165, 1.54) is 21.3 Å². The molecule has 0 spiro atoms. The van der Waals surface area contributed by atoms with Crippen molar-refractivity contribution in [1.29, 1.82) is 0 Å². The third-order valence-corrected chi connectivity index (χ3v) is 5.91. The topological polar surface area (TPSA) is 66.0 Å². The highest BCUT2D eigenvalue weighted by molar-refractivity contribution is 5.91. The summed E-state index contributed by atoms with van der Waals surface area (Å²) in [6, 6.07) is 13.5. The average Bonchev–Trinajstić information content (AvgIpc) is 2.95. The van der Waals surface area contributed by atoms with Crippen LogP contribution in [-0.2, 0) is 10.3 Å². The smallest absolute Gasteiger partial charge is 0.338 e. The lowest BCUT2D eigenvalue weighted by Crippen LogP contribution is -2.54. The molecule has 1 unspecified atom stereocenters. The monoisotopic (exact) mass is 427 g/mol. The third-order valence-electron chi connectivity index (χ3n) is 5.91. The zero-order chi connectivity index (χ0) is 22.5. The van der Waals surface area contributed by atoms with Gasteiger partial charge in [0.1, 0.15) is 6.61 Å². The van der Waals surface area contributed by atoms with Gasteiger partial charge in [-0.25, -0.2) is 4.79 Å². The maximum atomic E-state index is 13.0. The molecule has 6 heteroatoms. The van der Waals surface area contributed by atoms with Gasteiger partial charge in [-0.3, -0.25) is 5.32 Å². The number of hydrogen-bond acceptors (Lipinski definition) is 6. The fourth-order valence-electron chi connectivity index (χ4n) is 4.40. The number of ether oxygens (including phenoxy) is 4. The molecule has 1 aliphatic rings.